The van der Waals surface area contributed by atoms with Gasteiger partial charge in [-0.3, -0.25) is 0 Å². The molecule has 0 aliphatic carbocycles. The Morgan fingerprint density at radius 3 is 1.60 bits per heavy atom. The molecule has 20 heavy (non-hydrogen) atoms. The van der Waals surface area contributed by atoms with Crippen LogP contribution < -0.4 is 0 Å². The van der Waals surface area contributed by atoms with Gasteiger partial charge in [-0.2, -0.15) is 0 Å². The SMILES string of the molecule is C.C[Si](C)(C)O[Si](C)(COCCCCO)O[Si](C)(C)C. The van der Waals surface area contributed by atoms with Gasteiger partial charge in [-0.05, 0) is 58.7 Å². The second-order valence-electron chi connectivity index (χ2n) is 7.05. The van der Waals surface area contributed by atoms with Crippen LogP contribution in [0.5, 0.6) is 0 Å². The minimum Gasteiger partial charge on any atom is -0.435 e. The van der Waals surface area contributed by atoms with Gasteiger partial charge in [0.15, 0.2) is 16.6 Å². The van der Waals surface area contributed by atoms with Gasteiger partial charge >= 0.3 is 8.56 Å². The molecule has 0 aromatic rings. The van der Waals surface area contributed by atoms with E-state index in [1.165, 1.54) is 0 Å². The van der Waals surface area contributed by atoms with Crippen LogP contribution in [0.1, 0.15) is 20.3 Å². The number of ether oxygens (including phenoxy) is 1. The molecule has 0 saturated heterocycles. The first kappa shape index (κ1) is 22.8. The predicted octanol–water partition coefficient (Wildman–Crippen LogP) is 3.73. The summed E-state index contributed by atoms with van der Waals surface area (Å²) < 4.78 is 18.4. The average Bonchev–Trinajstić information content (AvgIpc) is 2.10. The minimum atomic E-state index is -2.24. The summed E-state index contributed by atoms with van der Waals surface area (Å²) in [5, 5.41) is 8.75. The molecule has 0 radical (unpaired) electrons. The fraction of sp³-hybridized carbons (Fsp3) is 1.00. The molecule has 0 atom stereocenters. The zero-order valence-electron chi connectivity index (χ0n) is 13.7. The summed E-state index contributed by atoms with van der Waals surface area (Å²) in [5.74, 6) is 0. The first-order chi connectivity index (χ1) is 8.47. The maximum absolute atomic E-state index is 8.75. The summed E-state index contributed by atoms with van der Waals surface area (Å²) in [5.41, 5.74) is 0. The van der Waals surface area contributed by atoms with Crippen molar-refractivity contribution in [2.75, 3.05) is 19.4 Å². The highest BCUT2D eigenvalue weighted by Crippen LogP contribution is 2.21. The molecule has 0 rings (SSSR count). The zero-order chi connectivity index (χ0) is 15.2. The maximum Gasteiger partial charge on any atom is 0.341 e. The summed E-state index contributed by atoms with van der Waals surface area (Å²) in [6.45, 7) is 16.2. The van der Waals surface area contributed by atoms with E-state index in [0.717, 1.165) is 12.8 Å². The van der Waals surface area contributed by atoms with Crippen LogP contribution in [0.4, 0.5) is 0 Å². The summed E-state index contributed by atoms with van der Waals surface area (Å²) >= 11 is 0. The number of rotatable bonds is 10. The molecule has 7 heteroatoms. The lowest BCUT2D eigenvalue weighted by Crippen LogP contribution is -2.55. The van der Waals surface area contributed by atoms with Crippen molar-refractivity contribution in [1.29, 1.82) is 0 Å². The fourth-order valence-electron chi connectivity index (χ4n) is 1.95. The fourth-order valence-corrected chi connectivity index (χ4v) is 13.8. The predicted molar refractivity (Wildman–Crippen MR) is 94.3 cm³/mol. The van der Waals surface area contributed by atoms with Crippen LogP contribution in [0.15, 0.2) is 0 Å². The molecule has 0 aromatic carbocycles. The topological polar surface area (TPSA) is 47.9 Å². The van der Waals surface area contributed by atoms with Gasteiger partial charge in [0.1, 0.15) is 0 Å². The van der Waals surface area contributed by atoms with Gasteiger partial charge in [0.05, 0.1) is 6.23 Å². The normalized spacial score (nSPS) is 13.2. The van der Waals surface area contributed by atoms with Crippen LogP contribution in [-0.2, 0) is 13.0 Å². The number of hydrogen-bond acceptors (Lipinski definition) is 4. The van der Waals surface area contributed by atoms with Crippen LogP contribution in [0.25, 0.3) is 0 Å². The highest BCUT2D eigenvalue weighted by Gasteiger charge is 2.40. The minimum absolute atomic E-state index is 0. The maximum atomic E-state index is 8.75. The summed E-state index contributed by atoms with van der Waals surface area (Å²) in [4.78, 5) is 0. The molecule has 0 aliphatic rings. The zero-order valence-corrected chi connectivity index (χ0v) is 16.7. The molecule has 0 heterocycles. The third-order valence-corrected chi connectivity index (χ3v) is 11.2. The second-order valence-corrected chi connectivity index (χ2v) is 19.7. The van der Waals surface area contributed by atoms with E-state index in [0.29, 0.717) is 12.8 Å². The van der Waals surface area contributed by atoms with Gasteiger partial charge in [-0.15, -0.1) is 0 Å². The molecular formula is C13H36O4Si3. The Bertz CT molecular complexity index is 233. The first-order valence-electron chi connectivity index (χ1n) is 7.06. The lowest BCUT2D eigenvalue weighted by Gasteiger charge is -2.38. The monoisotopic (exact) mass is 340 g/mol. The largest absolute Gasteiger partial charge is 0.435 e. The molecule has 0 bridgehead atoms. The molecular weight excluding hydrogens is 304 g/mol. The Morgan fingerprint density at radius 1 is 0.800 bits per heavy atom. The van der Waals surface area contributed by atoms with E-state index in [9.17, 15) is 0 Å². The van der Waals surface area contributed by atoms with Crippen molar-refractivity contribution in [2.24, 2.45) is 0 Å². The van der Waals surface area contributed by atoms with Crippen molar-refractivity contribution in [3.05, 3.63) is 0 Å². The molecule has 0 amide bonds. The molecule has 0 saturated carbocycles. The Hall–Kier alpha value is 0.491. The van der Waals surface area contributed by atoms with Crippen molar-refractivity contribution in [1.82, 2.24) is 0 Å². The molecule has 0 aliphatic heterocycles. The van der Waals surface area contributed by atoms with E-state index in [-0.39, 0.29) is 14.0 Å². The summed E-state index contributed by atoms with van der Waals surface area (Å²) in [6, 6.07) is 0. The quantitative estimate of drug-likeness (QED) is 0.486. The van der Waals surface area contributed by atoms with Crippen molar-refractivity contribution in [2.45, 2.75) is 66.1 Å². The van der Waals surface area contributed by atoms with Crippen LogP contribution in [0.2, 0.25) is 45.8 Å². The third-order valence-electron chi connectivity index (χ3n) is 2.11. The van der Waals surface area contributed by atoms with Gasteiger partial charge in [0.2, 0.25) is 0 Å². The van der Waals surface area contributed by atoms with Gasteiger partial charge in [0, 0.05) is 13.2 Å². The first-order valence-corrected chi connectivity index (χ1v) is 16.4. The highest BCUT2D eigenvalue weighted by atomic mass is 28.5. The summed E-state index contributed by atoms with van der Waals surface area (Å²) in [6.07, 6.45) is 2.27. The lowest BCUT2D eigenvalue weighted by atomic mass is 10.3. The molecule has 0 unspecified atom stereocenters. The molecule has 4 nitrogen and oxygen atoms in total. The second kappa shape index (κ2) is 9.50. The Labute approximate surface area is 129 Å². The Balaban J connectivity index is 0. The van der Waals surface area contributed by atoms with Gasteiger partial charge in [-0.25, -0.2) is 0 Å². The van der Waals surface area contributed by atoms with Crippen molar-refractivity contribution >= 4 is 25.2 Å². The van der Waals surface area contributed by atoms with Crippen LogP contribution in [0, 0.1) is 0 Å². The van der Waals surface area contributed by atoms with E-state index in [4.69, 9.17) is 18.1 Å². The van der Waals surface area contributed by atoms with E-state index in [1.54, 1.807) is 0 Å². The van der Waals surface area contributed by atoms with E-state index in [2.05, 4.69) is 45.8 Å². The smallest absolute Gasteiger partial charge is 0.341 e. The number of aliphatic hydroxyl groups excluding tert-OH is 1. The van der Waals surface area contributed by atoms with E-state index >= 15 is 0 Å². The van der Waals surface area contributed by atoms with Crippen molar-refractivity contribution in [3.63, 3.8) is 0 Å². The van der Waals surface area contributed by atoms with Crippen LogP contribution in [0.3, 0.4) is 0 Å². The summed E-state index contributed by atoms with van der Waals surface area (Å²) in [7, 11) is -5.50. The van der Waals surface area contributed by atoms with Crippen LogP contribution in [-0.4, -0.2) is 49.7 Å². The molecule has 1 N–H and O–H groups in total. The third kappa shape index (κ3) is 13.5. The van der Waals surface area contributed by atoms with Gasteiger partial charge in [0.25, 0.3) is 0 Å². The van der Waals surface area contributed by atoms with Gasteiger partial charge < -0.3 is 18.1 Å². The number of unbranched alkanes of at least 4 members (excludes halogenated alkanes) is 1. The Morgan fingerprint density at radius 2 is 1.25 bits per heavy atom. The average molecular weight is 341 g/mol. The molecule has 0 spiro atoms. The van der Waals surface area contributed by atoms with Crippen molar-refractivity contribution < 1.29 is 18.1 Å². The standard InChI is InChI=1S/C12H32O4Si3.CH4/c1-17(2,3)15-19(7,16-18(4,5)6)12-14-11-9-8-10-13;/h13H,8-12H2,1-7H3;1H4. The van der Waals surface area contributed by atoms with Crippen molar-refractivity contribution in [3.8, 4) is 0 Å². The lowest BCUT2D eigenvalue weighted by molar-refractivity contribution is 0.139. The molecule has 0 fully saturated rings. The van der Waals surface area contributed by atoms with E-state index in [1.807, 2.05) is 0 Å². The highest BCUT2D eigenvalue weighted by molar-refractivity contribution is 6.87. The Kier molecular flexibility index (Phi) is 10.8. The van der Waals surface area contributed by atoms with Gasteiger partial charge in [-0.1, -0.05) is 7.43 Å². The number of aliphatic hydroxyl groups is 1. The van der Waals surface area contributed by atoms with E-state index < -0.39 is 25.2 Å². The van der Waals surface area contributed by atoms with Crippen LogP contribution >= 0.6 is 0 Å². The number of hydrogen-bond donors (Lipinski definition) is 1. The molecule has 0 aromatic heterocycles. The molecule has 124 valence electrons.